The number of carbonyl (C=O) groups is 2. The predicted octanol–water partition coefficient (Wildman–Crippen LogP) is 1.80. The molecule has 1 aliphatic heterocycles. The Morgan fingerprint density at radius 3 is 2.31 bits per heavy atom. The molecule has 1 heterocycles. The minimum absolute atomic E-state index is 0.411. The quantitative estimate of drug-likeness (QED) is 0.827. The largest absolute Gasteiger partial charge is 0.478 e. The number of carboxylic acids is 1. The second-order valence-corrected chi connectivity index (χ2v) is 3.52. The zero-order chi connectivity index (χ0) is 12.0. The van der Waals surface area contributed by atoms with Crippen LogP contribution in [0.5, 0.6) is 0 Å². The lowest BCUT2D eigenvalue weighted by molar-refractivity contribution is -0.0980. The van der Waals surface area contributed by atoms with Gasteiger partial charge in [0, 0.05) is 13.1 Å². The van der Waals surface area contributed by atoms with E-state index < -0.39 is 5.97 Å². The van der Waals surface area contributed by atoms with Crippen LogP contribution in [0.1, 0.15) is 23.2 Å². The van der Waals surface area contributed by atoms with Gasteiger partial charge in [0.25, 0.3) is 0 Å². The summed E-state index contributed by atoms with van der Waals surface area (Å²) in [6, 6.07) is 7.20. The van der Waals surface area contributed by atoms with E-state index >= 15 is 0 Å². The molecule has 0 spiro atoms. The number of rotatable bonds is 2. The number of carboxylic acid groups (broad SMARTS) is 1. The summed E-state index contributed by atoms with van der Waals surface area (Å²) in [6.45, 7) is 3.95. The average molecular weight is 221 g/mol. The zero-order valence-electron chi connectivity index (χ0n) is 9.06. The second-order valence-electron chi connectivity index (χ2n) is 3.52. The first-order valence-electron chi connectivity index (χ1n) is 5.15. The van der Waals surface area contributed by atoms with Crippen LogP contribution in [0.2, 0.25) is 0 Å². The minimum atomic E-state index is -0.840. The number of para-hydroxylation sites is 1. The van der Waals surface area contributed by atoms with E-state index in [2.05, 4.69) is 4.90 Å². The monoisotopic (exact) mass is 221 g/mol. The molecule has 16 heavy (non-hydrogen) atoms. The summed E-state index contributed by atoms with van der Waals surface area (Å²) >= 11 is 0. The molecule has 1 N–H and O–H groups in total. The molecule has 0 aliphatic carbocycles. The summed E-state index contributed by atoms with van der Waals surface area (Å²) in [6.07, 6.45) is 2.32. The molecule has 2 rings (SSSR count). The average Bonchev–Trinajstić information content (AvgIpc) is 2.85. The topological polar surface area (TPSA) is 57.6 Å². The summed E-state index contributed by atoms with van der Waals surface area (Å²) in [5, 5.41) is 9.00. The molecule has 0 amide bonds. The highest BCUT2D eigenvalue weighted by Crippen LogP contribution is 2.24. The van der Waals surface area contributed by atoms with Crippen LogP contribution < -0.4 is 4.90 Å². The van der Waals surface area contributed by atoms with Gasteiger partial charge in [-0.05, 0) is 25.0 Å². The van der Waals surface area contributed by atoms with E-state index in [4.69, 9.17) is 9.90 Å². The first-order chi connectivity index (χ1) is 7.79. The molecule has 1 aliphatic rings. The number of nitrogens with zero attached hydrogens (tertiary/aromatic N) is 1. The van der Waals surface area contributed by atoms with Gasteiger partial charge >= 0.3 is 5.97 Å². The second kappa shape index (κ2) is 5.90. The molecule has 86 valence electrons. The number of aromatic carboxylic acids is 1. The Morgan fingerprint density at radius 1 is 1.19 bits per heavy atom. The molecular formula is C12H15NO3. The predicted molar refractivity (Wildman–Crippen MR) is 62.0 cm³/mol. The SMILES string of the molecule is C=O.O=C(O)c1ccccc1N1CCCC1. The third-order valence-electron chi connectivity index (χ3n) is 2.58. The summed E-state index contributed by atoms with van der Waals surface area (Å²) in [5.41, 5.74) is 1.27. The Hall–Kier alpha value is -1.84. The molecule has 0 saturated carbocycles. The van der Waals surface area contributed by atoms with E-state index in [-0.39, 0.29) is 0 Å². The van der Waals surface area contributed by atoms with E-state index in [0.29, 0.717) is 5.56 Å². The Kier molecular flexibility index (Phi) is 4.51. The third kappa shape index (κ3) is 2.59. The van der Waals surface area contributed by atoms with Crippen molar-refractivity contribution in [3.05, 3.63) is 29.8 Å². The van der Waals surface area contributed by atoms with Crippen molar-refractivity contribution in [1.82, 2.24) is 0 Å². The maximum atomic E-state index is 11.0. The van der Waals surface area contributed by atoms with Crippen LogP contribution in [0.3, 0.4) is 0 Å². The maximum Gasteiger partial charge on any atom is 0.337 e. The van der Waals surface area contributed by atoms with Crippen LogP contribution in [0.15, 0.2) is 24.3 Å². The van der Waals surface area contributed by atoms with Crippen molar-refractivity contribution in [3.63, 3.8) is 0 Å². The minimum Gasteiger partial charge on any atom is -0.478 e. The van der Waals surface area contributed by atoms with Crippen molar-refractivity contribution in [2.75, 3.05) is 18.0 Å². The summed E-state index contributed by atoms with van der Waals surface area (Å²) < 4.78 is 0. The lowest BCUT2D eigenvalue weighted by Gasteiger charge is -2.19. The van der Waals surface area contributed by atoms with Gasteiger partial charge < -0.3 is 14.8 Å². The highest BCUT2D eigenvalue weighted by molar-refractivity contribution is 5.94. The first-order valence-corrected chi connectivity index (χ1v) is 5.15. The van der Waals surface area contributed by atoms with Gasteiger partial charge in [-0.25, -0.2) is 4.79 Å². The van der Waals surface area contributed by atoms with Crippen molar-refractivity contribution in [3.8, 4) is 0 Å². The Balaban J connectivity index is 0.000000606. The van der Waals surface area contributed by atoms with Crippen LogP contribution in [-0.4, -0.2) is 31.0 Å². The zero-order valence-corrected chi connectivity index (χ0v) is 9.06. The smallest absolute Gasteiger partial charge is 0.337 e. The van der Waals surface area contributed by atoms with E-state index in [1.807, 2.05) is 18.9 Å². The van der Waals surface area contributed by atoms with E-state index in [1.54, 1.807) is 12.1 Å². The normalized spacial score (nSPS) is 14.1. The van der Waals surface area contributed by atoms with Crippen LogP contribution in [0.4, 0.5) is 5.69 Å². The van der Waals surface area contributed by atoms with E-state index in [0.717, 1.165) is 31.6 Å². The van der Waals surface area contributed by atoms with Crippen LogP contribution in [0.25, 0.3) is 0 Å². The van der Waals surface area contributed by atoms with Gasteiger partial charge in [-0.3, -0.25) is 0 Å². The van der Waals surface area contributed by atoms with Crippen molar-refractivity contribution >= 4 is 18.4 Å². The molecule has 0 atom stereocenters. The van der Waals surface area contributed by atoms with Gasteiger partial charge in [0.05, 0.1) is 11.3 Å². The maximum absolute atomic E-state index is 11.0. The van der Waals surface area contributed by atoms with Gasteiger partial charge in [-0.2, -0.15) is 0 Å². The van der Waals surface area contributed by atoms with Gasteiger partial charge in [-0.15, -0.1) is 0 Å². The van der Waals surface area contributed by atoms with Crippen LogP contribution in [-0.2, 0) is 4.79 Å². The van der Waals surface area contributed by atoms with Crippen molar-refractivity contribution < 1.29 is 14.7 Å². The molecule has 1 saturated heterocycles. The van der Waals surface area contributed by atoms with Gasteiger partial charge in [0.2, 0.25) is 0 Å². The highest BCUT2D eigenvalue weighted by Gasteiger charge is 2.17. The Morgan fingerprint density at radius 2 is 1.75 bits per heavy atom. The number of hydrogen-bond donors (Lipinski definition) is 1. The molecule has 4 nitrogen and oxygen atoms in total. The van der Waals surface area contributed by atoms with Gasteiger partial charge in [-0.1, -0.05) is 12.1 Å². The molecule has 0 aromatic heterocycles. The Bertz CT molecular complexity index is 359. The number of hydrogen-bond acceptors (Lipinski definition) is 3. The molecule has 4 heteroatoms. The van der Waals surface area contributed by atoms with E-state index in [1.165, 1.54) is 0 Å². The van der Waals surface area contributed by atoms with Crippen LogP contribution >= 0.6 is 0 Å². The van der Waals surface area contributed by atoms with E-state index in [9.17, 15) is 4.79 Å². The van der Waals surface area contributed by atoms with Crippen molar-refractivity contribution in [2.45, 2.75) is 12.8 Å². The lowest BCUT2D eigenvalue weighted by Crippen LogP contribution is -2.20. The molecule has 1 fully saturated rings. The standard InChI is InChI=1S/C11H13NO2.CH2O/c13-11(14)9-5-1-2-6-10(9)12-7-3-4-8-12;1-2/h1-2,5-6H,3-4,7-8H2,(H,13,14);1H2. The highest BCUT2D eigenvalue weighted by atomic mass is 16.4. The number of carbonyl (C=O) groups excluding carboxylic acids is 1. The van der Waals surface area contributed by atoms with Crippen molar-refractivity contribution in [2.24, 2.45) is 0 Å². The molecule has 0 bridgehead atoms. The fourth-order valence-corrected chi connectivity index (χ4v) is 1.89. The fourth-order valence-electron chi connectivity index (χ4n) is 1.89. The van der Waals surface area contributed by atoms with Gasteiger partial charge in [0.15, 0.2) is 0 Å². The molecule has 0 radical (unpaired) electrons. The molecule has 1 aromatic rings. The molecular weight excluding hydrogens is 206 g/mol. The lowest BCUT2D eigenvalue weighted by atomic mass is 10.1. The van der Waals surface area contributed by atoms with Crippen molar-refractivity contribution in [1.29, 1.82) is 0 Å². The summed E-state index contributed by atoms with van der Waals surface area (Å²) in [4.78, 5) is 21.1. The number of benzene rings is 1. The molecule has 0 unspecified atom stereocenters. The number of anilines is 1. The van der Waals surface area contributed by atoms with Crippen LogP contribution in [0, 0.1) is 0 Å². The summed E-state index contributed by atoms with van der Waals surface area (Å²) in [5.74, 6) is -0.840. The molecule has 1 aromatic carbocycles. The third-order valence-corrected chi connectivity index (χ3v) is 2.58. The Labute approximate surface area is 94.5 Å². The van der Waals surface area contributed by atoms with Gasteiger partial charge in [0.1, 0.15) is 6.79 Å². The fraction of sp³-hybridized carbons (Fsp3) is 0.333. The summed E-state index contributed by atoms with van der Waals surface area (Å²) in [7, 11) is 0. The first kappa shape index (κ1) is 12.2.